The number of amides is 3. The van der Waals surface area contributed by atoms with Crippen LogP contribution >= 0.6 is 0 Å². The Morgan fingerprint density at radius 1 is 0.865 bits per heavy atom. The van der Waals surface area contributed by atoms with E-state index in [-0.39, 0.29) is 30.2 Å². The molecule has 2 saturated heterocycles. The first kappa shape index (κ1) is 24.2. The SMILES string of the molecule is O=C1CCC(N2Cc3cc(O[C@H]4CCCC[C@@H]4N4CCC(c5ccccc5)CC4)ccc3C2=O)C(=O)N1. The van der Waals surface area contributed by atoms with Crippen molar-refractivity contribution >= 4 is 17.7 Å². The Kier molecular flexibility index (Phi) is 6.72. The van der Waals surface area contributed by atoms with Gasteiger partial charge in [0.1, 0.15) is 17.9 Å². The van der Waals surface area contributed by atoms with Crippen LogP contribution in [0.5, 0.6) is 5.75 Å². The summed E-state index contributed by atoms with van der Waals surface area (Å²) in [6.07, 6.45) is 7.76. The lowest BCUT2D eigenvalue weighted by Gasteiger charge is -2.43. The molecule has 2 aromatic rings. The van der Waals surface area contributed by atoms with Crippen LogP contribution < -0.4 is 10.1 Å². The summed E-state index contributed by atoms with van der Waals surface area (Å²) in [5, 5.41) is 2.37. The van der Waals surface area contributed by atoms with E-state index in [4.69, 9.17) is 4.74 Å². The van der Waals surface area contributed by atoms with E-state index in [0.717, 1.165) is 37.2 Å². The predicted molar refractivity (Wildman–Crippen MR) is 139 cm³/mol. The molecule has 2 aromatic carbocycles. The van der Waals surface area contributed by atoms with E-state index in [1.807, 2.05) is 18.2 Å². The van der Waals surface area contributed by atoms with Crippen molar-refractivity contribution in [1.29, 1.82) is 0 Å². The zero-order valence-corrected chi connectivity index (χ0v) is 21.2. The first-order valence-electron chi connectivity index (χ1n) is 13.8. The average molecular weight is 502 g/mol. The fourth-order valence-corrected chi connectivity index (χ4v) is 6.72. The highest BCUT2D eigenvalue weighted by Crippen LogP contribution is 2.35. The van der Waals surface area contributed by atoms with E-state index in [2.05, 4.69) is 40.5 Å². The third kappa shape index (κ3) is 4.89. The summed E-state index contributed by atoms with van der Waals surface area (Å²) in [5.41, 5.74) is 2.97. The number of imide groups is 1. The number of ether oxygens (including phenoxy) is 1. The van der Waals surface area contributed by atoms with Gasteiger partial charge in [0.15, 0.2) is 0 Å². The molecule has 1 N–H and O–H groups in total. The minimum absolute atomic E-state index is 0.142. The highest BCUT2D eigenvalue weighted by atomic mass is 16.5. The van der Waals surface area contributed by atoms with Crippen LogP contribution in [-0.2, 0) is 16.1 Å². The summed E-state index contributed by atoms with van der Waals surface area (Å²) in [7, 11) is 0. The lowest BCUT2D eigenvalue weighted by Crippen LogP contribution is -2.52. The number of carbonyl (C=O) groups is 3. The van der Waals surface area contributed by atoms with Gasteiger partial charge in [-0.2, -0.15) is 0 Å². The molecule has 3 heterocycles. The first-order valence-corrected chi connectivity index (χ1v) is 13.8. The molecule has 1 saturated carbocycles. The molecule has 1 unspecified atom stereocenters. The van der Waals surface area contributed by atoms with Gasteiger partial charge in [0, 0.05) is 24.6 Å². The molecule has 0 spiro atoms. The Hall–Kier alpha value is -3.19. The van der Waals surface area contributed by atoms with Gasteiger partial charge in [-0.05, 0) is 86.9 Å². The van der Waals surface area contributed by atoms with Gasteiger partial charge in [0.25, 0.3) is 5.91 Å². The number of likely N-dealkylation sites (tertiary alicyclic amines) is 1. The summed E-state index contributed by atoms with van der Waals surface area (Å²) in [5.74, 6) is 0.643. The van der Waals surface area contributed by atoms with Crippen molar-refractivity contribution in [3.8, 4) is 5.75 Å². The number of hydrogen-bond donors (Lipinski definition) is 1. The summed E-state index contributed by atoms with van der Waals surface area (Å²) < 4.78 is 6.61. The number of rotatable bonds is 5. The van der Waals surface area contributed by atoms with Crippen LogP contribution in [0.15, 0.2) is 48.5 Å². The Morgan fingerprint density at radius 2 is 1.65 bits per heavy atom. The molecule has 194 valence electrons. The van der Waals surface area contributed by atoms with Crippen molar-refractivity contribution < 1.29 is 19.1 Å². The number of nitrogens with zero attached hydrogens (tertiary/aromatic N) is 2. The average Bonchev–Trinajstić information content (AvgIpc) is 3.25. The maximum atomic E-state index is 13.0. The van der Waals surface area contributed by atoms with E-state index >= 15 is 0 Å². The zero-order chi connectivity index (χ0) is 25.4. The minimum atomic E-state index is -0.594. The van der Waals surface area contributed by atoms with Crippen LogP contribution in [0, 0.1) is 0 Å². The quantitative estimate of drug-likeness (QED) is 0.627. The van der Waals surface area contributed by atoms with Crippen molar-refractivity contribution in [2.45, 2.75) is 82.0 Å². The van der Waals surface area contributed by atoms with E-state index in [1.54, 1.807) is 4.90 Å². The van der Waals surface area contributed by atoms with Crippen LogP contribution in [0.2, 0.25) is 0 Å². The van der Waals surface area contributed by atoms with E-state index < -0.39 is 6.04 Å². The Labute approximate surface area is 218 Å². The lowest BCUT2D eigenvalue weighted by molar-refractivity contribution is -0.136. The van der Waals surface area contributed by atoms with Crippen molar-refractivity contribution in [3.63, 3.8) is 0 Å². The molecule has 7 heteroatoms. The largest absolute Gasteiger partial charge is 0.489 e. The number of carbonyl (C=O) groups excluding carboxylic acids is 3. The van der Waals surface area contributed by atoms with Gasteiger partial charge in [0.2, 0.25) is 11.8 Å². The van der Waals surface area contributed by atoms with Crippen LogP contribution in [0.4, 0.5) is 0 Å². The number of hydrogen-bond acceptors (Lipinski definition) is 5. The van der Waals surface area contributed by atoms with Gasteiger partial charge in [-0.1, -0.05) is 36.8 Å². The lowest BCUT2D eigenvalue weighted by atomic mass is 9.85. The molecule has 3 atom stereocenters. The van der Waals surface area contributed by atoms with Crippen LogP contribution in [0.25, 0.3) is 0 Å². The second-order valence-electron chi connectivity index (χ2n) is 10.9. The first-order chi connectivity index (χ1) is 18.1. The van der Waals surface area contributed by atoms with Gasteiger partial charge in [0.05, 0.1) is 0 Å². The second kappa shape index (κ2) is 10.3. The fourth-order valence-electron chi connectivity index (χ4n) is 6.72. The summed E-state index contributed by atoms with van der Waals surface area (Å²) in [6, 6.07) is 16.4. The van der Waals surface area contributed by atoms with Gasteiger partial charge in [-0.15, -0.1) is 0 Å². The van der Waals surface area contributed by atoms with Crippen molar-refractivity contribution in [1.82, 2.24) is 15.1 Å². The van der Waals surface area contributed by atoms with Crippen LogP contribution in [0.1, 0.15) is 78.8 Å². The highest BCUT2D eigenvalue weighted by molar-refractivity contribution is 6.05. The van der Waals surface area contributed by atoms with E-state index in [9.17, 15) is 14.4 Å². The Morgan fingerprint density at radius 3 is 2.43 bits per heavy atom. The molecule has 1 aliphatic carbocycles. The third-order valence-corrected chi connectivity index (χ3v) is 8.72. The smallest absolute Gasteiger partial charge is 0.255 e. The van der Waals surface area contributed by atoms with E-state index in [1.165, 1.54) is 31.2 Å². The number of nitrogens with one attached hydrogen (secondary N) is 1. The normalized spacial score (nSPS) is 27.2. The topological polar surface area (TPSA) is 79.0 Å². The van der Waals surface area contributed by atoms with E-state index in [0.29, 0.717) is 30.5 Å². The molecule has 0 radical (unpaired) electrons. The molecule has 6 rings (SSSR count). The molecule has 37 heavy (non-hydrogen) atoms. The predicted octanol–water partition coefficient (Wildman–Crippen LogP) is 4.02. The highest BCUT2D eigenvalue weighted by Gasteiger charge is 2.39. The number of benzene rings is 2. The van der Waals surface area contributed by atoms with Gasteiger partial charge in [-0.25, -0.2) is 0 Å². The zero-order valence-electron chi connectivity index (χ0n) is 21.2. The molecule has 7 nitrogen and oxygen atoms in total. The van der Waals surface area contributed by atoms with Crippen molar-refractivity contribution in [2.24, 2.45) is 0 Å². The van der Waals surface area contributed by atoms with Gasteiger partial charge >= 0.3 is 0 Å². The maximum Gasteiger partial charge on any atom is 0.255 e. The summed E-state index contributed by atoms with van der Waals surface area (Å²) >= 11 is 0. The molecule has 3 fully saturated rings. The van der Waals surface area contributed by atoms with Crippen LogP contribution in [0.3, 0.4) is 0 Å². The molecule has 0 bridgehead atoms. The fraction of sp³-hybridized carbons (Fsp3) is 0.500. The van der Waals surface area contributed by atoms with Crippen molar-refractivity contribution in [2.75, 3.05) is 13.1 Å². The molecule has 3 amide bonds. The standard InChI is InChI=1S/C30H35N3O4/c34-28-13-12-26(29(35)31-28)33-19-22-18-23(10-11-24(22)30(33)36)37-27-9-5-4-8-25(27)32-16-14-21(15-17-32)20-6-2-1-3-7-20/h1-3,6-7,10-11,18,21,25-27H,4-5,8-9,12-17,19H2,(H,31,34,35)/t25-,26?,27-/m0/s1. The summed E-state index contributed by atoms with van der Waals surface area (Å²) in [6.45, 7) is 2.58. The molecule has 3 aliphatic heterocycles. The number of piperidine rings is 2. The van der Waals surface area contributed by atoms with Gasteiger partial charge < -0.3 is 9.64 Å². The molecule has 4 aliphatic rings. The minimum Gasteiger partial charge on any atom is -0.489 e. The number of fused-ring (bicyclic) bond motifs is 1. The van der Waals surface area contributed by atoms with Crippen LogP contribution in [-0.4, -0.2) is 58.8 Å². The Bertz CT molecular complexity index is 1170. The van der Waals surface area contributed by atoms with Crippen molar-refractivity contribution in [3.05, 3.63) is 65.2 Å². The molecule has 0 aromatic heterocycles. The van der Waals surface area contributed by atoms with Gasteiger partial charge in [-0.3, -0.25) is 24.6 Å². The molecular formula is C30H35N3O4. The third-order valence-electron chi connectivity index (χ3n) is 8.72. The monoisotopic (exact) mass is 501 g/mol. The maximum absolute atomic E-state index is 13.0. The molecular weight excluding hydrogens is 466 g/mol. The summed E-state index contributed by atoms with van der Waals surface area (Å²) in [4.78, 5) is 41.1. The Balaban J connectivity index is 1.11. The second-order valence-corrected chi connectivity index (χ2v) is 10.9.